The molecule has 7 nitrogen and oxygen atoms in total. The van der Waals surface area contributed by atoms with E-state index in [2.05, 4.69) is 10.2 Å². The quantitative estimate of drug-likeness (QED) is 0.700. The second-order valence-corrected chi connectivity index (χ2v) is 3.88. The fraction of sp³-hybridized carbons (Fsp3) is 0.455. The van der Waals surface area contributed by atoms with Crippen LogP contribution in [-0.4, -0.2) is 45.5 Å². The summed E-state index contributed by atoms with van der Waals surface area (Å²) in [4.78, 5) is 23.0. The van der Waals surface area contributed by atoms with E-state index in [1.54, 1.807) is 31.0 Å². The highest BCUT2D eigenvalue weighted by Crippen LogP contribution is 2.14. The summed E-state index contributed by atoms with van der Waals surface area (Å²) >= 11 is 0. The average molecular weight is 250 g/mol. The molecule has 96 valence electrons. The molecule has 0 fully saturated rings. The summed E-state index contributed by atoms with van der Waals surface area (Å²) < 4.78 is 6.41. The van der Waals surface area contributed by atoms with Crippen molar-refractivity contribution in [1.82, 2.24) is 14.8 Å². The fourth-order valence-corrected chi connectivity index (χ4v) is 1.65. The molecule has 0 bridgehead atoms. The lowest BCUT2D eigenvalue weighted by Crippen LogP contribution is -2.28. The van der Waals surface area contributed by atoms with Crippen LogP contribution >= 0.6 is 0 Å². The van der Waals surface area contributed by atoms with Gasteiger partial charge in [0.2, 0.25) is 5.91 Å². The number of carbonyl (C=O) groups is 2. The summed E-state index contributed by atoms with van der Waals surface area (Å²) in [5, 5.41) is 9.28. The molecule has 0 saturated heterocycles. The zero-order chi connectivity index (χ0) is 13.1. The lowest BCUT2D eigenvalue weighted by Gasteiger charge is -2.09. The van der Waals surface area contributed by atoms with Crippen molar-refractivity contribution < 1.29 is 14.3 Å². The number of hydrazone groups is 1. The summed E-state index contributed by atoms with van der Waals surface area (Å²) in [6.45, 7) is 1.87. The van der Waals surface area contributed by atoms with Gasteiger partial charge in [-0.3, -0.25) is 14.3 Å². The fourth-order valence-electron chi connectivity index (χ4n) is 1.65. The molecular formula is C11H14N4O3. The summed E-state index contributed by atoms with van der Waals surface area (Å²) in [6, 6.07) is 0. The first kappa shape index (κ1) is 12.3. The van der Waals surface area contributed by atoms with Crippen LogP contribution in [0.1, 0.15) is 18.9 Å². The van der Waals surface area contributed by atoms with E-state index >= 15 is 0 Å². The van der Waals surface area contributed by atoms with E-state index in [1.165, 1.54) is 0 Å². The lowest BCUT2D eigenvalue weighted by molar-refractivity contribution is -0.148. The molecule has 2 heterocycles. The molecule has 1 aromatic heterocycles. The summed E-state index contributed by atoms with van der Waals surface area (Å²) in [6.07, 6.45) is 3.60. The van der Waals surface area contributed by atoms with Gasteiger partial charge in [0.25, 0.3) is 0 Å². The van der Waals surface area contributed by atoms with Crippen molar-refractivity contribution >= 4 is 17.6 Å². The van der Waals surface area contributed by atoms with Gasteiger partial charge in [0.15, 0.2) is 0 Å². The second-order valence-electron chi connectivity index (χ2n) is 3.88. The van der Waals surface area contributed by atoms with Gasteiger partial charge in [-0.15, -0.1) is 0 Å². The molecule has 0 aliphatic carbocycles. The first-order valence-corrected chi connectivity index (χ1v) is 5.62. The smallest absolute Gasteiger partial charge is 0.327 e. The maximum Gasteiger partial charge on any atom is 0.327 e. The Labute approximate surface area is 104 Å². The van der Waals surface area contributed by atoms with Gasteiger partial charge in [-0.25, -0.2) is 5.01 Å². The zero-order valence-corrected chi connectivity index (χ0v) is 10.3. The lowest BCUT2D eigenvalue weighted by atomic mass is 10.2. The normalized spacial score (nSPS) is 14.9. The third-order valence-electron chi connectivity index (χ3n) is 2.47. The number of esters is 1. The second kappa shape index (κ2) is 4.99. The monoisotopic (exact) mass is 250 g/mol. The Morgan fingerprint density at radius 3 is 2.94 bits per heavy atom. The number of hydrogen-bond donors (Lipinski definition) is 0. The van der Waals surface area contributed by atoms with Crippen LogP contribution in [0.5, 0.6) is 0 Å². The van der Waals surface area contributed by atoms with Crippen molar-refractivity contribution in [2.45, 2.75) is 13.3 Å². The van der Waals surface area contributed by atoms with Crippen molar-refractivity contribution in [2.75, 3.05) is 13.2 Å². The van der Waals surface area contributed by atoms with Gasteiger partial charge in [0.1, 0.15) is 6.54 Å². The largest absolute Gasteiger partial charge is 0.465 e. The van der Waals surface area contributed by atoms with Crippen molar-refractivity contribution in [3.05, 3.63) is 18.0 Å². The number of aryl methyl sites for hydroxylation is 1. The molecule has 1 aliphatic heterocycles. The van der Waals surface area contributed by atoms with Crippen molar-refractivity contribution in [2.24, 2.45) is 12.1 Å². The van der Waals surface area contributed by atoms with Crippen molar-refractivity contribution in [1.29, 1.82) is 0 Å². The van der Waals surface area contributed by atoms with E-state index in [1.807, 2.05) is 0 Å². The van der Waals surface area contributed by atoms with Crippen LogP contribution in [0, 0.1) is 0 Å². The molecule has 0 radical (unpaired) electrons. The first-order chi connectivity index (χ1) is 8.60. The van der Waals surface area contributed by atoms with Gasteiger partial charge in [-0.2, -0.15) is 10.2 Å². The molecule has 0 aromatic carbocycles. The van der Waals surface area contributed by atoms with E-state index in [0.29, 0.717) is 12.3 Å². The molecule has 2 rings (SSSR count). The molecule has 0 spiro atoms. The summed E-state index contributed by atoms with van der Waals surface area (Å²) in [5.41, 5.74) is 1.41. The Kier molecular flexibility index (Phi) is 3.40. The van der Waals surface area contributed by atoms with Gasteiger partial charge in [0, 0.05) is 18.8 Å². The summed E-state index contributed by atoms with van der Waals surface area (Å²) in [5.74, 6) is -0.663. The van der Waals surface area contributed by atoms with Crippen LogP contribution in [0.3, 0.4) is 0 Å². The highest BCUT2D eigenvalue weighted by Gasteiger charge is 2.27. The van der Waals surface area contributed by atoms with Crippen LogP contribution in [0.4, 0.5) is 0 Å². The Bertz CT molecular complexity index is 506. The molecule has 1 aromatic rings. The van der Waals surface area contributed by atoms with Gasteiger partial charge >= 0.3 is 5.97 Å². The average Bonchev–Trinajstić information content (AvgIpc) is 2.87. The number of carbonyl (C=O) groups excluding carboxylic acids is 2. The highest BCUT2D eigenvalue weighted by atomic mass is 16.5. The SMILES string of the molecule is CCOC(=O)CN1N=C(c2cnn(C)c2)CC1=O. The van der Waals surface area contributed by atoms with Gasteiger partial charge in [-0.1, -0.05) is 0 Å². The Morgan fingerprint density at radius 2 is 2.33 bits per heavy atom. The third kappa shape index (κ3) is 2.55. The van der Waals surface area contributed by atoms with Gasteiger partial charge in [-0.05, 0) is 6.92 Å². The van der Waals surface area contributed by atoms with E-state index in [0.717, 1.165) is 10.6 Å². The molecule has 0 saturated carbocycles. The van der Waals surface area contributed by atoms with Crippen molar-refractivity contribution in [3.8, 4) is 0 Å². The molecule has 0 atom stereocenters. The van der Waals surface area contributed by atoms with Gasteiger partial charge < -0.3 is 4.74 Å². The predicted octanol–water partition coefficient (Wildman–Crippen LogP) is -0.0804. The minimum atomic E-state index is -0.456. The minimum Gasteiger partial charge on any atom is -0.465 e. The number of hydrogen-bond acceptors (Lipinski definition) is 5. The highest BCUT2D eigenvalue weighted by molar-refractivity contribution is 6.13. The topological polar surface area (TPSA) is 76.8 Å². The maximum absolute atomic E-state index is 11.7. The summed E-state index contributed by atoms with van der Waals surface area (Å²) in [7, 11) is 1.79. The van der Waals surface area contributed by atoms with E-state index < -0.39 is 5.97 Å². The molecule has 1 aliphatic rings. The Hall–Kier alpha value is -2.18. The van der Waals surface area contributed by atoms with E-state index in [-0.39, 0.29) is 18.9 Å². The van der Waals surface area contributed by atoms with Crippen LogP contribution < -0.4 is 0 Å². The van der Waals surface area contributed by atoms with Crippen LogP contribution in [0.25, 0.3) is 0 Å². The predicted molar refractivity (Wildman–Crippen MR) is 62.7 cm³/mol. The number of nitrogens with zero attached hydrogens (tertiary/aromatic N) is 4. The molecule has 7 heteroatoms. The minimum absolute atomic E-state index is 0.142. The zero-order valence-electron chi connectivity index (χ0n) is 10.3. The maximum atomic E-state index is 11.7. The number of rotatable bonds is 4. The van der Waals surface area contributed by atoms with E-state index in [9.17, 15) is 9.59 Å². The molecule has 1 amide bonds. The standard InChI is InChI=1S/C11H14N4O3/c1-3-18-11(17)7-15-10(16)4-9(13-15)8-5-12-14(2)6-8/h5-6H,3-4,7H2,1-2H3. The molecule has 18 heavy (non-hydrogen) atoms. The Balaban J connectivity index is 2.07. The van der Waals surface area contributed by atoms with Crippen LogP contribution in [0.2, 0.25) is 0 Å². The number of aromatic nitrogens is 2. The molecule has 0 N–H and O–H groups in total. The van der Waals surface area contributed by atoms with Crippen LogP contribution in [0.15, 0.2) is 17.5 Å². The Morgan fingerprint density at radius 1 is 1.56 bits per heavy atom. The molecule has 0 unspecified atom stereocenters. The van der Waals surface area contributed by atoms with Crippen LogP contribution in [-0.2, 0) is 21.4 Å². The third-order valence-corrected chi connectivity index (χ3v) is 2.47. The molecular weight excluding hydrogens is 236 g/mol. The number of amides is 1. The van der Waals surface area contributed by atoms with Crippen molar-refractivity contribution in [3.63, 3.8) is 0 Å². The van der Waals surface area contributed by atoms with E-state index in [4.69, 9.17) is 4.74 Å². The van der Waals surface area contributed by atoms with Gasteiger partial charge in [0.05, 0.1) is 24.9 Å². The number of ether oxygens (including phenoxy) is 1. The first-order valence-electron chi connectivity index (χ1n) is 5.62.